The van der Waals surface area contributed by atoms with E-state index in [1.165, 1.54) is 46.1 Å². The molecule has 2 N–H and O–H groups in total. The van der Waals surface area contributed by atoms with Crippen molar-refractivity contribution in [3.05, 3.63) is 58.3 Å². The number of ether oxygens (including phenoxy) is 1. The zero-order valence-corrected chi connectivity index (χ0v) is 19.4. The van der Waals surface area contributed by atoms with Crippen molar-refractivity contribution in [2.75, 3.05) is 13.1 Å². The Kier molecular flexibility index (Phi) is 3.22. The van der Waals surface area contributed by atoms with Crippen LogP contribution < -0.4 is 4.74 Å². The zero-order chi connectivity index (χ0) is 22.4. The van der Waals surface area contributed by atoms with Gasteiger partial charge < -0.3 is 19.5 Å². The van der Waals surface area contributed by atoms with Crippen LogP contribution in [0.3, 0.4) is 0 Å². The molecule has 2 fully saturated rings. The minimum atomic E-state index is -0.896. The van der Waals surface area contributed by atoms with E-state index in [0.29, 0.717) is 12.2 Å². The van der Waals surface area contributed by atoms with E-state index in [9.17, 15) is 10.2 Å². The van der Waals surface area contributed by atoms with Crippen molar-refractivity contribution in [3.63, 3.8) is 0 Å². The molecule has 4 atom stereocenters. The minimum absolute atomic E-state index is 0.0933. The Labute approximate surface area is 198 Å². The number of hydrogen-bond acceptors (Lipinski definition) is 4. The predicted octanol–water partition coefficient (Wildman–Crippen LogP) is 3.99. The fourth-order valence-corrected chi connectivity index (χ4v) is 8.84. The summed E-state index contributed by atoms with van der Waals surface area (Å²) in [5, 5.41) is 25.2. The molecule has 3 aliphatic carbocycles. The van der Waals surface area contributed by atoms with Gasteiger partial charge in [0.1, 0.15) is 0 Å². The lowest BCUT2D eigenvalue weighted by Gasteiger charge is -2.63. The van der Waals surface area contributed by atoms with Crippen molar-refractivity contribution >= 4 is 10.9 Å². The van der Waals surface area contributed by atoms with E-state index in [-0.39, 0.29) is 17.9 Å². The third-order valence-corrected chi connectivity index (χ3v) is 10.4. The lowest BCUT2D eigenvalue weighted by atomic mass is 9.49. The van der Waals surface area contributed by atoms with E-state index in [4.69, 9.17) is 4.74 Å². The number of aliphatic hydroxyl groups is 1. The maximum Gasteiger partial charge on any atom is 0.166 e. The molecule has 1 spiro atoms. The number of nitrogens with zero attached hydrogens (tertiary/aromatic N) is 2. The molecule has 4 heterocycles. The Morgan fingerprint density at radius 3 is 2.88 bits per heavy atom. The van der Waals surface area contributed by atoms with Crippen molar-refractivity contribution in [2.45, 2.75) is 74.7 Å². The van der Waals surface area contributed by atoms with Gasteiger partial charge in [0, 0.05) is 36.5 Å². The van der Waals surface area contributed by atoms with Gasteiger partial charge in [-0.3, -0.25) is 4.90 Å². The van der Waals surface area contributed by atoms with Crippen LogP contribution in [0.25, 0.3) is 10.9 Å². The Bertz CT molecular complexity index is 1420. The van der Waals surface area contributed by atoms with Crippen LogP contribution in [0.15, 0.2) is 30.3 Å². The van der Waals surface area contributed by atoms with Crippen molar-refractivity contribution in [1.29, 1.82) is 0 Å². The third-order valence-electron chi connectivity index (χ3n) is 10.4. The summed E-state index contributed by atoms with van der Waals surface area (Å²) >= 11 is 0. The highest BCUT2D eigenvalue weighted by atomic mass is 16.5. The number of para-hydroxylation sites is 1. The highest BCUT2D eigenvalue weighted by molar-refractivity contribution is 5.90. The van der Waals surface area contributed by atoms with Gasteiger partial charge in [-0.2, -0.15) is 0 Å². The van der Waals surface area contributed by atoms with Gasteiger partial charge in [-0.15, -0.1) is 0 Å². The molecule has 9 rings (SSSR count). The number of aromatic nitrogens is 1. The smallest absolute Gasteiger partial charge is 0.166 e. The molecule has 3 aliphatic heterocycles. The highest BCUT2D eigenvalue weighted by Crippen LogP contribution is 2.69. The van der Waals surface area contributed by atoms with Crippen LogP contribution in [-0.2, 0) is 31.2 Å². The average molecular weight is 455 g/mol. The van der Waals surface area contributed by atoms with Gasteiger partial charge in [0.25, 0.3) is 0 Å². The molecule has 6 aliphatic rings. The molecule has 1 aromatic heterocycles. The summed E-state index contributed by atoms with van der Waals surface area (Å²) in [4.78, 5) is 2.61. The molecule has 2 aromatic carbocycles. The molecule has 2 bridgehead atoms. The normalized spacial score (nSPS) is 34.6. The van der Waals surface area contributed by atoms with Crippen molar-refractivity contribution in [2.24, 2.45) is 5.92 Å². The molecule has 174 valence electrons. The molecular formula is C29H30N2O3. The molecule has 5 nitrogen and oxygen atoms in total. The van der Waals surface area contributed by atoms with E-state index in [1.807, 2.05) is 6.07 Å². The van der Waals surface area contributed by atoms with Crippen molar-refractivity contribution in [1.82, 2.24) is 9.47 Å². The Morgan fingerprint density at radius 1 is 1.09 bits per heavy atom. The second-order valence-electron chi connectivity index (χ2n) is 11.9. The van der Waals surface area contributed by atoms with Crippen LogP contribution in [0.5, 0.6) is 11.5 Å². The number of phenols is 1. The quantitative estimate of drug-likeness (QED) is 0.615. The van der Waals surface area contributed by atoms with Gasteiger partial charge >= 0.3 is 0 Å². The van der Waals surface area contributed by atoms with Crippen LogP contribution in [0.1, 0.15) is 59.7 Å². The Hall–Kier alpha value is -2.50. The Morgan fingerprint density at radius 2 is 2.00 bits per heavy atom. The fraction of sp³-hybridized carbons (Fsp3) is 0.517. The Balaban J connectivity index is 1.36. The molecule has 5 heteroatoms. The zero-order valence-electron chi connectivity index (χ0n) is 19.4. The van der Waals surface area contributed by atoms with E-state index in [0.717, 1.165) is 56.8 Å². The number of likely N-dealkylation sites (tertiary alicyclic amines) is 1. The maximum absolute atomic E-state index is 13.0. The second-order valence-corrected chi connectivity index (χ2v) is 11.9. The van der Waals surface area contributed by atoms with Crippen LogP contribution in [0.4, 0.5) is 0 Å². The maximum atomic E-state index is 13.0. The topological polar surface area (TPSA) is 57.9 Å². The summed E-state index contributed by atoms with van der Waals surface area (Å²) in [6.07, 6.45) is 7.06. The van der Waals surface area contributed by atoms with Crippen LogP contribution in [0, 0.1) is 5.92 Å². The lowest BCUT2D eigenvalue weighted by Crippen LogP contribution is -2.74. The number of aromatic hydroxyl groups is 1. The minimum Gasteiger partial charge on any atom is -0.504 e. The molecule has 3 aromatic rings. The summed E-state index contributed by atoms with van der Waals surface area (Å²) in [5.74, 6) is 1.65. The number of hydrogen-bond donors (Lipinski definition) is 2. The number of piperidine rings is 1. The number of fused-ring (bicyclic) bond motifs is 4. The van der Waals surface area contributed by atoms with Gasteiger partial charge in [-0.1, -0.05) is 24.3 Å². The van der Waals surface area contributed by atoms with Crippen molar-refractivity contribution in [3.8, 4) is 11.5 Å². The van der Waals surface area contributed by atoms with Crippen LogP contribution in [-0.4, -0.2) is 44.4 Å². The number of aryl methyl sites for hydroxylation is 2. The first-order valence-corrected chi connectivity index (χ1v) is 13.2. The van der Waals surface area contributed by atoms with Crippen LogP contribution in [0.2, 0.25) is 0 Å². The number of rotatable bonds is 2. The summed E-state index contributed by atoms with van der Waals surface area (Å²) in [6, 6.07) is 10.7. The number of phenolic OH excluding ortho intramolecular Hbond substituents is 1. The average Bonchev–Trinajstić information content (AvgIpc) is 3.50. The SMILES string of the molecule is Oc1ccc2c3c1O[C@H]1c4c(c5cccc6c5n4CCC6)C[C@@]4(O)[C@@H](C2)N(CC2CC2)CC[C@]314. The third kappa shape index (κ3) is 1.93. The standard InChI is InChI=1S/C29H30N2O3/c32-21-9-8-18-13-22-29(33)14-20-19-5-1-3-17-4-2-11-31(24(17)19)25(20)27-28(29,23(18)26(21)34-27)10-12-30(22)15-16-6-7-16/h1,3,5,8-9,16,22,27,32-33H,2,4,6-7,10-15H2/t22-,27+,28+,29-/m1/s1. The first kappa shape index (κ1) is 18.8. The van der Waals surface area contributed by atoms with E-state index < -0.39 is 11.0 Å². The highest BCUT2D eigenvalue weighted by Gasteiger charge is 2.73. The lowest BCUT2D eigenvalue weighted by molar-refractivity contribution is -0.173. The molecule has 1 saturated carbocycles. The fourth-order valence-electron chi connectivity index (χ4n) is 8.84. The van der Waals surface area contributed by atoms with Gasteiger partial charge in [0.05, 0.1) is 22.2 Å². The predicted molar refractivity (Wildman–Crippen MR) is 128 cm³/mol. The van der Waals surface area contributed by atoms with Gasteiger partial charge in [-0.25, -0.2) is 0 Å². The monoisotopic (exact) mass is 454 g/mol. The van der Waals surface area contributed by atoms with E-state index in [1.54, 1.807) is 0 Å². The number of benzene rings is 2. The van der Waals surface area contributed by atoms with Crippen LogP contribution >= 0.6 is 0 Å². The largest absolute Gasteiger partial charge is 0.504 e. The summed E-state index contributed by atoms with van der Waals surface area (Å²) in [5.41, 5.74) is 6.32. The van der Waals surface area contributed by atoms with Crippen molar-refractivity contribution < 1.29 is 14.9 Å². The summed E-state index contributed by atoms with van der Waals surface area (Å²) in [6.45, 7) is 3.11. The van der Waals surface area contributed by atoms with E-state index in [2.05, 4.69) is 33.7 Å². The first-order valence-electron chi connectivity index (χ1n) is 13.2. The first-order chi connectivity index (χ1) is 16.6. The molecule has 34 heavy (non-hydrogen) atoms. The second kappa shape index (κ2) is 5.83. The molecule has 0 radical (unpaired) electrons. The van der Waals surface area contributed by atoms with Gasteiger partial charge in [-0.05, 0) is 73.7 Å². The van der Waals surface area contributed by atoms with Gasteiger partial charge in [0.2, 0.25) is 0 Å². The summed E-state index contributed by atoms with van der Waals surface area (Å²) in [7, 11) is 0. The molecule has 0 unspecified atom stereocenters. The summed E-state index contributed by atoms with van der Waals surface area (Å²) < 4.78 is 9.34. The molecule has 0 amide bonds. The van der Waals surface area contributed by atoms with Gasteiger partial charge in [0.15, 0.2) is 17.6 Å². The van der Waals surface area contributed by atoms with E-state index >= 15 is 0 Å². The molecule has 1 saturated heterocycles. The molecular weight excluding hydrogens is 424 g/mol.